The van der Waals surface area contributed by atoms with Crippen LogP contribution >= 0.6 is 24.0 Å². The highest BCUT2D eigenvalue weighted by Gasteiger charge is 2.29. The first-order valence-corrected chi connectivity index (χ1v) is 7.39. The average molecular weight is 481 g/mol. The molecule has 0 fully saturated rings. The molecule has 5 nitrogen and oxygen atoms in total. The van der Waals surface area contributed by atoms with E-state index < -0.39 is 11.7 Å². The van der Waals surface area contributed by atoms with Crippen LogP contribution in [0.2, 0.25) is 0 Å². The number of halogens is 4. The largest absolute Gasteiger partial charge is 0.497 e. The van der Waals surface area contributed by atoms with Gasteiger partial charge < -0.3 is 20.5 Å². The summed E-state index contributed by atoms with van der Waals surface area (Å²) in [5.74, 6) is 1.22. The van der Waals surface area contributed by atoms with Crippen molar-refractivity contribution in [3.8, 4) is 11.5 Å². The van der Waals surface area contributed by atoms with Crippen molar-refractivity contribution in [3.05, 3.63) is 54.1 Å². The summed E-state index contributed by atoms with van der Waals surface area (Å²) in [7, 11) is 1.56. The first-order chi connectivity index (χ1) is 11.9. The monoisotopic (exact) mass is 481 g/mol. The molecule has 0 atom stereocenters. The van der Waals surface area contributed by atoms with Gasteiger partial charge in [0.15, 0.2) is 5.96 Å². The van der Waals surface area contributed by atoms with E-state index in [9.17, 15) is 13.2 Å². The van der Waals surface area contributed by atoms with Gasteiger partial charge in [0.25, 0.3) is 0 Å². The second kappa shape index (κ2) is 10.1. The number of ether oxygens (including phenoxy) is 2. The SMILES string of the molecule is COc1cccc(NC(N)=NCCOc2ccc(C(F)(F)F)cc2)c1.I. The highest BCUT2D eigenvalue weighted by atomic mass is 127. The number of nitrogens with two attached hydrogens (primary N) is 1. The van der Waals surface area contributed by atoms with Crippen molar-refractivity contribution >= 4 is 35.6 Å². The summed E-state index contributed by atoms with van der Waals surface area (Å²) < 4.78 is 47.8. The molecular formula is C17H19F3IN3O2. The molecule has 0 bridgehead atoms. The maximum atomic E-state index is 12.5. The van der Waals surface area contributed by atoms with Crippen LogP contribution in [0.3, 0.4) is 0 Å². The third-order valence-corrected chi connectivity index (χ3v) is 3.17. The van der Waals surface area contributed by atoms with E-state index in [4.69, 9.17) is 15.2 Å². The van der Waals surface area contributed by atoms with Crippen LogP contribution in [0.25, 0.3) is 0 Å². The molecule has 0 saturated carbocycles. The minimum atomic E-state index is -4.36. The molecule has 0 aliphatic heterocycles. The molecule has 0 amide bonds. The van der Waals surface area contributed by atoms with Gasteiger partial charge in [-0.25, -0.2) is 4.99 Å². The maximum absolute atomic E-state index is 12.5. The molecule has 2 aromatic rings. The minimum absolute atomic E-state index is 0. The van der Waals surface area contributed by atoms with E-state index in [-0.39, 0.29) is 43.1 Å². The van der Waals surface area contributed by atoms with Crippen LogP contribution in [-0.2, 0) is 6.18 Å². The predicted molar refractivity (Wildman–Crippen MR) is 105 cm³/mol. The number of alkyl halides is 3. The van der Waals surface area contributed by atoms with E-state index in [0.717, 1.165) is 17.8 Å². The Kier molecular flexibility index (Phi) is 8.49. The fourth-order valence-corrected chi connectivity index (χ4v) is 1.96. The summed E-state index contributed by atoms with van der Waals surface area (Å²) in [6.45, 7) is 0.440. The number of nitrogens with zero attached hydrogens (tertiary/aromatic N) is 1. The van der Waals surface area contributed by atoms with Crippen LogP contribution in [0, 0.1) is 0 Å². The molecule has 26 heavy (non-hydrogen) atoms. The predicted octanol–water partition coefficient (Wildman–Crippen LogP) is 4.14. The molecule has 0 aromatic heterocycles. The lowest BCUT2D eigenvalue weighted by Crippen LogP contribution is -2.23. The number of hydrogen-bond acceptors (Lipinski definition) is 3. The van der Waals surface area contributed by atoms with E-state index in [2.05, 4.69) is 10.3 Å². The Hall–Kier alpha value is -2.17. The molecule has 3 N–H and O–H groups in total. The summed E-state index contributed by atoms with van der Waals surface area (Å²) in [6.07, 6.45) is -4.36. The van der Waals surface area contributed by atoms with Crippen molar-refractivity contribution in [3.63, 3.8) is 0 Å². The fourth-order valence-electron chi connectivity index (χ4n) is 1.96. The van der Waals surface area contributed by atoms with E-state index in [1.807, 2.05) is 12.1 Å². The Balaban J connectivity index is 0.00000338. The summed E-state index contributed by atoms with van der Waals surface area (Å²) >= 11 is 0. The first kappa shape index (κ1) is 21.9. The summed E-state index contributed by atoms with van der Waals surface area (Å²) in [4.78, 5) is 4.08. The zero-order valence-corrected chi connectivity index (χ0v) is 16.2. The van der Waals surface area contributed by atoms with Gasteiger partial charge in [-0.2, -0.15) is 13.2 Å². The second-order valence-corrected chi connectivity index (χ2v) is 4.99. The van der Waals surface area contributed by atoms with E-state index in [1.165, 1.54) is 12.1 Å². The van der Waals surface area contributed by atoms with Crippen molar-refractivity contribution in [1.29, 1.82) is 0 Å². The second-order valence-electron chi connectivity index (χ2n) is 4.99. The minimum Gasteiger partial charge on any atom is -0.497 e. The highest BCUT2D eigenvalue weighted by Crippen LogP contribution is 2.30. The van der Waals surface area contributed by atoms with E-state index in [1.54, 1.807) is 19.2 Å². The van der Waals surface area contributed by atoms with Gasteiger partial charge >= 0.3 is 6.18 Å². The number of nitrogens with one attached hydrogen (secondary N) is 1. The van der Waals surface area contributed by atoms with Crippen LogP contribution in [-0.4, -0.2) is 26.2 Å². The van der Waals surface area contributed by atoms with Crippen molar-refractivity contribution in [2.75, 3.05) is 25.6 Å². The number of rotatable bonds is 6. The third-order valence-electron chi connectivity index (χ3n) is 3.17. The van der Waals surface area contributed by atoms with Gasteiger partial charge in [-0.05, 0) is 36.4 Å². The van der Waals surface area contributed by atoms with Crippen LogP contribution < -0.4 is 20.5 Å². The lowest BCUT2D eigenvalue weighted by atomic mass is 10.2. The van der Waals surface area contributed by atoms with Gasteiger partial charge in [0.2, 0.25) is 0 Å². The van der Waals surface area contributed by atoms with Gasteiger partial charge in [0.05, 0.1) is 19.2 Å². The Morgan fingerprint density at radius 3 is 2.42 bits per heavy atom. The normalized spacial score (nSPS) is 11.5. The lowest BCUT2D eigenvalue weighted by Gasteiger charge is -2.09. The molecule has 0 unspecified atom stereocenters. The maximum Gasteiger partial charge on any atom is 0.416 e. The smallest absolute Gasteiger partial charge is 0.416 e. The first-order valence-electron chi connectivity index (χ1n) is 7.39. The Labute approximate surface area is 166 Å². The van der Waals surface area contributed by atoms with Gasteiger partial charge in [-0.15, -0.1) is 24.0 Å². The number of aliphatic imine (C=N–C) groups is 1. The van der Waals surface area contributed by atoms with Gasteiger partial charge in [-0.1, -0.05) is 6.07 Å². The van der Waals surface area contributed by atoms with E-state index in [0.29, 0.717) is 11.5 Å². The zero-order chi connectivity index (χ0) is 18.3. The number of benzene rings is 2. The van der Waals surface area contributed by atoms with Crippen LogP contribution in [0.15, 0.2) is 53.5 Å². The Bertz CT molecular complexity index is 722. The molecule has 0 radical (unpaired) electrons. The van der Waals surface area contributed by atoms with Crippen molar-refractivity contribution < 1.29 is 22.6 Å². The topological polar surface area (TPSA) is 68.9 Å². The summed E-state index contributed by atoms with van der Waals surface area (Å²) in [5.41, 5.74) is 5.77. The standard InChI is InChI=1S/C17H18F3N3O2.HI/c1-24-15-4-2-3-13(11-15)23-16(21)22-9-10-25-14-7-5-12(6-8-14)17(18,19)20;/h2-8,11H,9-10H2,1H3,(H3,21,22,23);1H. The van der Waals surface area contributed by atoms with Crippen molar-refractivity contribution in [2.24, 2.45) is 10.7 Å². The molecule has 0 saturated heterocycles. The molecule has 9 heteroatoms. The number of anilines is 1. The molecule has 2 aromatic carbocycles. The van der Waals surface area contributed by atoms with Gasteiger partial charge in [-0.3, -0.25) is 0 Å². The number of methoxy groups -OCH3 is 1. The highest BCUT2D eigenvalue weighted by molar-refractivity contribution is 14.0. The van der Waals surface area contributed by atoms with E-state index >= 15 is 0 Å². The van der Waals surface area contributed by atoms with Crippen LogP contribution in [0.1, 0.15) is 5.56 Å². The molecule has 0 spiro atoms. The Morgan fingerprint density at radius 1 is 1.12 bits per heavy atom. The average Bonchev–Trinajstić information content (AvgIpc) is 2.58. The quantitative estimate of drug-likeness (QED) is 0.282. The molecular weight excluding hydrogens is 462 g/mol. The van der Waals surface area contributed by atoms with Gasteiger partial charge in [0.1, 0.15) is 18.1 Å². The Morgan fingerprint density at radius 2 is 1.81 bits per heavy atom. The molecule has 0 aliphatic rings. The number of hydrogen-bond donors (Lipinski definition) is 2. The number of guanidine groups is 1. The van der Waals surface area contributed by atoms with Gasteiger partial charge in [0, 0.05) is 11.8 Å². The zero-order valence-electron chi connectivity index (χ0n) is 13.9. The molecule has 2 rings (SSSR count). The molecule has 142 valence electrons. The third kappa shape index (κ3) is 6.98. The molecule has 0 heterocycles. The van der Waals surface area contributed by atoms with Crippen LogP contribution in [0.4, 0.5) is 18.9 Å². The summed E-state index contributed by atoms with van der Waals surface area (Å²) in [6, 6.07) is 11.7. The fraction of sp³-hybridized carbons (Fsp3) is 0.235. The van der Waals surface area contributed by atoms with Crippen molar-refractivity contribution in [1.82, 2.24) is 0 Å². The van der Waals surface area contributed by atoms with Crippen LogP contribution in [0.5, 0.6) is 11.5 Å². The molecule has 0 aliphatic carbocycles. The summed E-state index contributed by atoms with van der Waals surface area (Å²) in [5, 5.41) is 2.91. The lowest BCUT2D eigenvalue weighted by molar-refractivity contribution is -0.137. The van der Waals surface area contributed by atoms with Crippen molar-refractivity contribution in [2.45, 2.75) is 6.18 Å².